The first kappa shape index (κ1) is 11.2. The zero-order valence-corrected chi connectivity index (χ0v) is 10.4. The summed E-state index contributed by atoms with van der Waals surface area (Å²) in [7, 11) is 1.85. The van der Waals surface area contributed by atoms with Crippen molar-refractivity contribution < 1.29 is 4.74 Å². The van der Waals surface area contributed by atoms with E-state index in [0.717, 1.165) is 15.8 Å². The monoisotopic (exact) mass is 281 g/mol. The van der Waals surface area contributed by atoms with Crippen molar-refractivity contribution in [2.45, 2.75) is 6.54 Å². The van der Waals surface area contributed by atoms with Gasteiger partial charge in [0, 0.05) is 18.1 Å². The number of halogens is 1. The van der Waals surface area contributed by atoms with Gasteiger partial charge in [-0.3, -0.25) is 4.68 Å². The van der Waals surface area contributed by atoms with Crippen LogP contribution in [0.2, 0.25) is 0 Å². The SMILES string of the molecule is Cn1cc(Oc2cc(Br)cc(CN)c2)cn1. The highest BCUT2D eigenvalue weighted by atomic mass is 79.9. The third kappa shape index (κ3) is 2.62. The molecule has 1 heterocycles. The molecule has 2 aromatic rings. The molecule has 0 aliphatic rings. The zero-order chi connectivity index (χ0) is 11.5. The van der Waals surface area contributed by atoms with Crippen molar-refractivity contribution >= 4 is 15.9 Å². The van der Waals surface area contributed by atoms with Crippen LogP contribution in [0, 0.1) is 0 Å². The number of nitrogens with zero attached hydrogens (tertiary/aromatic N) is 2. The second kappa shape index (κ2) is 4.67. The van der Waals surface area contributed by atoms with Gasteiger partial charge in [-0.25, -0.2) is 0 Å². The highest BCUT2D eigenvalue weighted by molar-refractivity contribution is 9.10. The fourth-order valence-electron chi connectivity index (χ4n) is 1.39. The standard InChI is InChI=1S/C11H12BrN3O/c1-15-7-11(6-14-15)16-10-3-8(5-13)2-9(12)4-10/h2-4,6-7H,5,13H2,1H3. The minimum Gasteiger partial charge on any atom is -0.454 e. The summed E-state index contributed by atoms with van der Waals surface area (Å²) in [4.78, 5) is 0. The molecule has 0 radical (unpaired) electrons. The molecule has 84 valence electrons. The highest BCUT2D eigenvalue weighted by Crippen LogP contribution is 2.25. The lowest BCUT2D eigenvalue weighted by Gasteiger charge is -2.05. The van der Waals surface area contributed by atoms with Gasteiger partial charge in [0.2, 0.25) is 0 Å². The number of hydrogen-bond acceptors (Lipinski definition) is 3. The van der Waals surface area contributed by atoms with Crippen LogP contribution in [0.1, 0.15) is 5.56 Å². The maximum absolute atomic E-state index is 5.65. The molecule has 16 heavy (non-hydrogen) atoms. The summed E-state index contributed by atoms with van der Waals surface area (Å²) in [5, 5.41) is 4.03. The van der Waals surface area contributed by atoms with Crippen molar-refractivity contribution in [2.24, 2.45) is 12.8 Å². The minimum atomic E-state index is 0.489. The predicted molar refractivity (Wildman–Crippen MR) is 65.3 cm³/mol. The molecule has 0 unspecified atom stereocenters. The van der Waals surface area contributed by atoms with Gasteiger partial charge in [0.25, 0.3) is 0 Å². The van der Waals surface area contributed by atoms with Crippen molar-refractivity contribution in [1.29, 1.82) is 0 Å². The summed E-state index contributed by atoms with van der Waals surface area (Å²) < 4.78 is 8.30. The molecule has 5 heteroatoms. The van der Waals surface area contributed by atoms with E-state index in [2.05, 4.69) is 21.0 Å². The van der Waals surface area contributed by atoms with Crippen LogP contribution in [0.4, 0.5) is 0 Å². The molecule has 0 atom stereocenters. The minimum absolute atomic E-state index is 0.489. The Morgan fingerprint density at radius 3 is 2.81 bits per heavy atom. The van der Waals surface area contributed by atoms with Crippen molar-refractivity contribution in [3.05, 3.63) is 40.6 Å². The van der Waals surface area contributed by atoms with Crippen molar-refractivity contribution in [3.8, 4) is 11.5 Å². The van der Waals surface area contributed by atoms with E-state index in [1.807, 2.05) is 31.4 Å². The van der Waals surface area contributed by atoms with Crippen LogP contribution in [0.3, 0.4) is 0 Å². The number of aromatic nitrogens is 2. The largest absolute Gasteiger partial charge is 0.454 e. The van der Waals surface area contributed by atoms with Crippen LogP contribution < -0.4 is 10.5 Å². The van der Waals surface area contributed by atoms with Gasteiger partial charge in [0.1, 0.15) is 5.75 Å². The summed E-state index contributed by atoms with van der Waals surface area (Å²) in [6.45, 7) is 0.489. The highest BCUT2D eigenvalue weighted by Gasteiger charge is 2.02. The molecule has 0 bridgehead atoms. The van der Waals surface area contributed by atoms with E-state index in [1.165, 1.54) is 0 Å². The van der Waals surface area contributed by atoms with Gasteiger partial charge in [0.15, 0.2) is 5.75 Å². The van der Waals surface area contributed by atoms with Gasteiger partial charge in [-0.1, -0.05) is 15.9 Å². The molecule has 0 amide bonds. The van der Waals surface area contributed by atoms with E-state index < -0.39 is 0 Å². The third-order valence-corrected chi connectivity index (χ3v) is 2.54. The van der Waals surface area contributed by atoms with Crippen LogP contribution in [0.25, 0.3) is 0 Å². The van der Waals surface area contributed by atoms with Gasteiger partial charge >= 0.3 is 0 Å². The molecule has 2 N–H and O–H groups in total. The van der Waals surface area contributed by atoms with Crippen LogP contribution in [0.5, 0.6) is 11.5 Å². The maximum Gasteiger partial charge on any atom is 0.165 e. The van der Waals surface area contributed by atoms with E-state index in [0.29, 0.717) is 12.3 Å². The van der Waals surface area contributed by atoms with E-state index >= 15 is 0 Å². The normalized spacial score (nSPS) is 10.4. The Balaban J connectivity index is 2.24. The Hall–Kier alpha value is -1.33. The second-order valence-electron chi connectivity index (χ2n) is 3.45. The first-order valence-corrected chi connectivity index (χ1v) is 5.63. The van der Waals surface area contributed by atoms with Crippen LogP contribution >= 0.6 is 15.9 Å². The number of hydrogen-bond donors (Lipinski definition) is 1. The van der Waals surface area contributed by atoms with E-state index in [4.69, 9.17) is 10.5 Å². The lowest BCUT2D eigenvalue weighted by Crippen LogP contribution is -1.96. The van der Waals surface area contributed by atoms with Gasteiger partial charge in [-0.05, 0) is 23.8 Å². The zero-order valence-electron chi connectivity index (χ0n) is 8.85. The number of benzene rings is 1. The maximum atomic E-state index is 5.65. The number of nitrogens with two attached hydrogens (primary N) is 1. The van der Waals surface area contributed by atoms with Crippen molar-refractivity contribution in [2.75, 3.05) is 0 Å². The van der Waals surface area contributed by atoms with E-state index in [9.17, 15) is 0 Å². The second-order valence-corrected chi connectivity index (χ2v) is 4.37. The predicted octanol–water partition coefficient (Wildman–Crippen LogP) is 2.43. The molecule has 4 nitrogen and oxygen atoms in total. The quantitative estimate of drug-likeness (QED) is 0.940. The van der Waals surface area contributed by atoms with Gasteiger partial charge < -0.3 is 10.5 Å². The number of rotatable bonds is 3. The molecule has 1 aromatic carbocycles. The third-order valence-electron chi connectivity index (χ3n) is 2.08. The molecule has 1 aromatic heterocycles. The average Bonchev–Trinajstić information content (AvgIpc) is 2.63. The summed E-state index contributed by atoms with van der Waals surface area (Å²) in [6.07, 6.45) is 3.48. The fourth-order valence-corrected chi connectivity index (χ4v) is 1.90. The van der Waals surface area contributed by atoms with Gasteiger partial charge in [-0.15, -0.1) is 0 Å². The first-order chi connectivity index (χ1) is 7.67. The summed E-state index contributed by atoms with van der Waals surface area (Å²) >= 11 is 3.42. The Labute approximate surface area is 102 Å². The fraction of sp³-hybridized carbons (Fsp3) is 0.182. The topological polar surface area (TPSA) is 53.1 Å². The molecule has 0 saturated carbocycles. The Morgan fingerprint density at radius 1 is 1.38 bits per heavy atom. The van der Waals surface area contributed by atoms with Crippen LogP contribution in [-0.4, -0.2) is 9.78 Å². The number of aryl methyl sites for hydroxylation is 1. The molecule has 0 spiro atoms. The molecular weight excluding hydrogens is 270 g/mol. The first-order valence-electron chi connectivity index (χ1n) is 4.83. The smallest absolute Gasteiger partial charge is 0.165 e. The summed E-state index contributed by atoms with van der Waals surface area (Å²) in [5.41, 5.74) is 6.61. The molecule has 0 saturated heterocycles. The summed E-state index contributed by atoms with van der Waals surface area (Å²) in [5.74, 6) is 1.46. The Kier molecular flexibility index (Phi) is 3.26. The molecule has 2 rings (SSSR count). The van der Waals surface area contributed by atoms with Crippen molar-refractivity contribution in [3.63, 3.8) is 0 Å². The van der Waals surface area contributed by atoms with E-state index in [-0.39, 0.29) is 0 Å². The molecule has 0 aliphatic heterocycles. The molecule has 0 aliphatic carbocycles. The molecular formula is C11H12BrN3O. The van der Waals surface area contributed by atoms with E-state index in [1.54, 1.807) is 10.9 Å². The average molecular weight is 282 g/mol. The van der Waals surface area contributed by atoms with Gasteiger partial charge in [0.05, 0.1) is 12.4 Å². The van der Waals surface area contributed by atoms with Crippen LogP contribution in [0.15, 0.2) is 35.1 Å². The van der Waals surface area contributed by atoms with Gasteiger partial charge in [-0.2, -0.15) is 5.10 Å². The lowest BCUT2D eigenvalue weighted by molar-refractivity contribution is 0.481. The summed E-state index contributed by atoms with van der Waals surface area (Å²) in [6, 6.07) is 5.78. The Bertz CT molecular complexity index is 496. The number of ether oxygens (including phenoxy) is 1. The molecule has 0 fully saturated rings. The van der Waals surface area contributed by atoms with Crippen LogP contribution in [-0.2, 0) is 13.6 Å². The Morgan fingerprint density at radius 2 is 2.19 bits per heavy atom. The lowest BCUT2D eigenvalue weighted by atomic mass is 10.2. The van der Waals surface area contributed by atoms with Crippen molar-refractivity contribution in [1.82, 2.24) is 9.78 Å².